The van der Waals surface area contributed by atoms with Gasteiger partial charge in [-0.15, -0.1) is 5.10 Å². The zero-order chi connectivity index (χ0) is 20.2. The summed E-state index contributed by atoms with van der Waals surface area (Å²) in [6, 6.07) is 17.0. The van der Waals surface area contributed by atoms with Crippen LogP contribution in [0.15, 0.2) is 54.6 Å². The fourth-order valence-electron chi connectivity index (χ4n) is 3.77. The molecule has 1 fully saturated rings. The number of carbonyl (C=O) groups excluding carboxylic acids is 2. The van der Waals surface area contributed by atoms with Gasteiger partial charge in [-0.25, -0.2) is 0 Å². The van der Waals surface area contributed by atoms with Crippen molar-refractivity contribution in [3.63, 3.8) is 0 Å². The first-order chi connectivity index (χ1) is 14.1. The average molecular weight is 389 g/mol. The Morgan fingerprint density at radius 3 is 2.52 bits per heavy atom. The molecule has 148 valence electrons. The molecular weight excluding hydrogens is 366 g/mol. The Morgan fingerprint density at radius 2 is 1.83 bits per heavy atom. The van der Waals surface area contributed by atoms with Gasteiger partial charge in [0.2, 0.25) is 5.91 Å². The number of aromatic nitrogens is 4. The highest BCUT2D eigenvalue weighted by molar-refractivity contribution is 5.98. The van der Waals surface area contributed by atoms with Gasteiger partial charge in [0.1, 0.15) is 0 Å². The Kier molecular flexibility index (Phi) is 5.46. The Hall–Kier alpha value is -3.35. The molecule has 1 aromatic heterocycles. The molecule has 1 aliphatic rings. The maximum atomic E-state index is 12.8. The third-order valence-corrected chi connectivity index (χ3v) is 5.36. The minimum absolute atomic E-state index is 0.0573. The smallest absolute Gasteiger partial charge is 0.227 e. The van der Waals surface area contributed by atoms with Crippen LogP contribution in [0.4, 0.5) is 0 Å². The van der Waals surface area contributed by atoms with Gasteiger partial charge in [-0.3, -0.25) is 9.59 Å². The first-order valence-corrected chi connectivity index (χ1v) is 9.83. The summed E-state index contributed by atoms with van der Waals surface area (Å²) in [6.07, 6.45) is 2.01. The topological polar surface area (TPSA) is 81.0 Å². The van der Waals surface area contributed by atoms with Gasteiger partial charge in [0.25, 0.3) is 0 Å². The second-order valence-corrected chi connectivity index (χ2v) is 7.39. The van der Waals surface area contributed by atoms with E-state index in [9.17, 15) is 9.59 Å². The number of hydrogen-bond acceptors (Lipinski definition) is 5. The van der Waals surface area contributed by atoms with Crippen molar-refractivity contribution in [1.29, 1.82) is 0 Å². The molecule has 0 radical (unpaired) electrons. The number of nitrogens with zero attached hydrogens (tertiary/aromatic N) is 5. The molecule has 1 amide bonds. The van der Waals surface area contributed by atoms with Crippen molar-refractivity contribution < 1.29 is 9.59 Å². The van der Waals surface area contributed by atoms with E-state index in [4.69, 9.17) is 0 Å². The van der Waals surface area contributed by atoms with Gasteiger partial charge >= 0.3 is 0 Å². The number of rotatable bonds is 5. The normalized spacial score (nSPS) is 16.6. The number of aryl methyl sites for hydroxylation is 1. The van der Waals surface area contributed by atoms with Crippen molar-refractivity contribution >= 4 is 11.7 Å². The lowest BCUT2D eigenvalue weighted by atomic mass is 9.90. The summed E-state index contributed by atoms with van der Waals surface area (Å²) in [5.41, 5.74) is 2.51. The van der Waals surface area contributed by atoms with Gasteiger partial charge in [0.05, 0.1) is 12.1 Å². The fourth-order valence-corrected chi connectivity index (χ4v) is 3.77. The monoisotopic (exact) mass is 389 g/mol. The molecule has 0 N–H and O–H groups in total. The van der Waals surface area contributed by atoms with Gasteiger partial charge in [0.15, 0.2) is 11.6 Å². The van der Waals surface area contributed by atoms with Gasteiger partial charge in [-0.1, -0.05) is 42.5 Å². The number of carbonyl (C=O) groups is 2. The second-order valence-electron chi connectivity index (χ2n) is 7.39. The molecule has 1 atom stereocenters. The van der Waals surface area contributed by atoms with Crippen LogP contribution in [0, 0.1) is 12.8 Å². The van der Waals surface area contributed by atoms with Gasteiger partial charge in [-0.2, -0.15) is 4.68 Å². The van der Waals surface area contributed by atoms with Crippen LogP contribution >= 0.6 is 0 Å². The molecule has 2 heterocycles. The Balaban J connectivity index is 1.39. The molecule has 3 aromatic rings. The number of benzene rings is 2. The number of ketones is 1. The van der Waals surface area contributed by atoms with Crippen molar-refractivity contribution in [2.75, 3.05) is 13.1 Å². The van der Waals surface area contributed by atoms with E-state index in [2.05, 4.69) is 15.5 Å². The lowest BCUT2D eigenvalue weighted by Gasteiger charge is -2.32. The van der Waals surface area contributed by atoms with Crippen LogP contribution in [0.5, 0.6) is 0 Å². The molecule has 4 rings (SSSR count). The first-order valence-electron chi connectivity index (χ1n) is 9.83. The number of likely N-dealkylation sites (tertiary alicyclic amines) is 1. The van der Waals surface area contributed by atoms with E-state index in [1.165, 1.54) is 0 Å². The molecule has 7 heteroatoms. The number of Topliss-reactive ketones (excluding diaryl/α,β-unsaturated/α-hetero) is 1. The first kappa shape index (κ1) is 19.0. The number of hydrogen-bond donors (Lipinski definition) is 0. The maximum Gasteiger partial charge on any atom is 0.227 e. The van der Waals surface area contributed by atoms with Crippen LogP contribution in [0.1, 0.15) is 34.6 Å². The minimum atomic E-state index is -0.125. The van der Waals surface area contributed by atoms with Crippen molar-refractivity contribution in [3.05, 3.63) is 71.5 Å². The summed E-state index contributed by atoms with van der Waals surface area (Å²) >= 11 is 0. The SMILES string of the molecule is Cc1nnnn1-c1ccc(CC(=O)N2CCC[C@@H](C(=O)c3ccccc3)C2)cc1. The van der Waals surface area contributed by atoms with E-state index < -0.39 is 0 Å². The highest BCUT2D eigenvalue weighted by Crippen LogP contribution is 2.22. The zero-order valence-corrected chi connectivity index (χ0v) is 16.4. The Bertz CT molecular complexity index is 998. The van der Waals surface area contributed by atoms with E-state index in [0.717, 1.165) is 29.7 Å². The molecule has 29 heavy (non-hydrogen) atoms. The maximum absolute atomic E-state index is 12.8. The number of tetrazole rings is 1. The lowest BCUT2D eigenvalue weighted by Crippen LogP contribution is -2.43. The van der Waals surface area contributed by atoms with Crippen molar-refractivity contribution in [3.8, 4) is 5.69 Å². The molecule has 0 saturated carbocycles. The largest absolute Gasteiger partial charge is 0.342 e. The highest BCUT2D eigenvalue weighted by Gasteiger charge is 2.28. The molecule has 0 bridgehead atoms. The molecular formula is C22H23N5O2. The van der Waals surface area contributed by atoms with Crippen LogP contribution in [0.3, 0.4) is 0 Å². The number of amides is 1. The standard InChI is InChI=1S/C22H23N5O2/c1-16-23-24-25-27(16)20-11-9-17(10-12-20)14-21(28)26-13-5-8-19(15-26)22(29)18-6-3-2-4-7-18/h2-4,6-7,9-12,19H,5,8,13-15H2,1H3/t19-/m1/s1. The van der Waals surface area contributed by atoms with Crippen LogP contribution in [-0.4, -0.2) is 49.9 Å². The number of piperidine rings is 1. The zero-order valence-electron chi connectivity index (χ0n) is 16.4. The third kappa shape index (κ3) is 4.23. The Morgan fingerprint density at radius 1 is 1.07 bits per heavy atom. The summed E-state index contributed by atoms with van der Waals surface area (Å²) in [6.45, 7) is 3.04. The molecule has 1 saturated heterocycles. The van der Waals surface area contributed by atoms with E-state index >= 15 is 0 Å². The Labute approximate surface area is 169 Å². The highest BCUT2D eigenvalue weighted by atomic mass is 16.2. The predicted molar refractivity (Wildman–Crippen MR) is 108 cm³/mol. The van der Waals surface area contributed by atoms with Gasteiger partial charge in [-0.05, 0) is 47.9 Å². The quantitative estimate of drug-likeness (QED) is 0.627. The fraction of sp³-hybridized carbons (Fsp3) is 0.318. The molecule has 0 spiro atoms. The van der Waals surface area contributed by atoms with Crippen molar-refractivity contribution in [2.24, 2.45) is 5.92 Å². The average Bonchev–Trinajstić information content (AvgIpc) is 3.20. The van der Waals surface area contributed by atoms with Crippen LogP contribution in [0.2, 0.25) is 0 Å². The van der Waals surface area contributed by atoms with E-state index in [1.54, 1.807) is 4.68 Å². The van der Waals surface area contributed by atoms with E-state index in [-0.39, 0.29) is 17.6 Å². The van der Waals surface area contributed by atoms with Crippen molar-refractivity contribution in [2.45, 2.75) is 26.2 Å². The van der Waals surface area contributed by atoms with Gasteiger partial charge in [0, 0.05) is 24.6 Å². The van der Waals surface area contributed by atoms with Crippen LogP contribution < -0.4 is 0 Å². The van der Waals surface area contributed by atoms with Crippen LogP contribution in [-0.2, 0) is 11.2 Å². The van der Waals surface area contributed by atoms with E-state index in [0.29, 0.717) is 25.3 Å². The van der Waals surface area contributed by atoms with E-state index in [1.807, 2.05) is 66.4 Å². The second kappa shape index (κ2) is 8.34. The molecule has 1 aliphatic heterocycles. The summed E-state index contributed by atoms with van der Waals surface area (Å²) < 4.78 is 1.65. The van der Waals surface area contributed by atoms with Crippen LogP contribution in [0.25, 0.3) is 5.69 Å². The molecule has 7 nitrogen and oxygen atoms in total. The summed E-state index contributed by atoms with van der Waals surface area (Å²) in [5.74, 6) is 0.766. The molecule has 0 unspecified atom stereocenters. The molecule has 2 aromatic carbocycles. The molecule has 0 aliphatic carbocycles. The summed E-state index contributed by atoms with van der Waals surface area (Å²) in [7, 11) is 0. The summed E-state index contributed by atoms with van der Waals surface area (Å²) in [4.78, 5) is 27.4. The van der Waals surface area contributed by atoms with Gasteiger partial charge < -0.3 is 4.90 Å². The predicted octanol–water partition coefficient (Wildman–Crippen LogP) is 2.63. The summed E-state index contributed by atoms with van der Waals surface area (Å²) in [5, 5.41) is 11.5. The lowest BCUT2D eigenvalue weighted by molar-refractivity contribution is -0.131. The minimum Gasteiger partial charge on any atom is -0.342 e. The third-order valence-electron chi connectivity index (χ3n) is 5.36. The van der Waals surface area contributed by atoms with Crippen molar-refractivity contribution in [1.82, 2.24) is 25.1 Å².